The molecule has 1 saturated carbocycles. The van der Waals surface area contributed by atoms with E-state index >= 15 is 0 Å². The van der Waals surface area contributed by atoms with E-state index in [2.05, 4.69) is 34.6 Å². The molecule has 0 aliphatic heterocycles. The van der Waals surface area contributed by atoms with Crippen molar-refractivity contribution in [2.45, 2.75) is 18.4 Å². The smallest absolute Gasteiger partial charge is 0.183 e. The van der Waals surface area contributed by atoms with Crippen molar-refractivity contribution >= 4 is 16.9 Å². The van der Waals surface area contributed by atoms with Gasteiger partial charge in [-0.3, -0.25) is 10.3 Å². The van der Waals surface area contributed by atoms with E-state index in [1.165, 1.54) is 17.3 Å². The minimum Gasteiger partial charge on any atom is -0.272 e. The van der Waals surface area contributed by atoms with Crippen molar-refractivity contribution in [2.75, 3.05) is 6.26 Å². The van der Waals surface area contributed by atoms with Crippen LogP contribution in [0, 0.1) is 11.5 Å². The van der Waals surface area contributed by atoms with E-state index in [1.807, 2.05) is 18.5 Å². The minimum atomic E-state index is 0.339. The van der Waals surface area contributed by atoms with Gasteiger partial charge in [-0.25, -0.2) is 0 Å². The Morgan fingerprint density at radius 2 is 2.25 bits per heavy atom. The zero-order valence-corrected chi connectivity index (χ0v) is 9.87. The maximum absolute atomic E-state index is 8.53. The second-order valence-electron chi connectivity index (χ2n) is 3.70. The van der Waals surface area contributed by atoms with Crippen molar-refractivity contribution in [2.24, 2.45) is 4.99 Å². The zero-order valence-electron chi connectivity index (χ0n) is 9.05. The summed E-state index contributed by atoms with van der Waals surface area (Å²) in [5.41, 5.74) is 1.34. The second kappa shape index (κ2) is 5.04. The van der Waals surface area contributed by atoms with Gasteiger partial charge in [0.25, 0.3) is 0 Å². The number of thioether (sulfide) groups is 1. The summed E-state index contributed by atoms with van der Waals surface area (Å²) in [5, 5.41) is 11.8. The van der Waals surface area contributed by atoms with E-state index in [9.17, 15) is 0 Å². The van der Waals surface area contributed by atoms with Gasteiger partial charge in [0.05, 0.1) is 6.04 Å². The Balaban J connectivity index is 1.99. The maximum atomic E-state index is 8.53. The monoisotopic (exact) mass is 231 g/mol. The molecule has 1 aliphatic carbocycles. The van der Waals surface area contributed by atoms with Crippen molar-refractivity contribution in [3.05, 3.63) is 35.9 Å². The molecule has 0 amide bonds. The quantitative estimate of drug-likeness (QED) is 0.368. The molecular weight excluding hydrogens is 218 g/mol. The molecule has 16 heavy (non-hydrogen) atoms. The highest BCUT2D eigenvalue weighted by Gasteiger charge is 2.38. The second-order valence-corrected chi connectivity index (χ2v) is 4.49. The summed E-state index contributed by atoms with van der Waals surface area (Å²) in [6, 6.07) is 10.7. The van der Waals surface area contributed by atoms with Gasteiger partial charge in [0.1, 0.15) is 0 Å². The molecule has 0 heterocycles. The van der Waals surface area contributed by atoms with Gasteiger partial charge in [-0.2, -0.15) is 5.26 Å². The van der Waals surface area contributed by atoms with E-state index in [-0.39, 0.29) is 0 Å². The van der Waals surface area contributed by atoms with Crippen LogP contribution in [0.2, 0.25) is 0 Å². The molecule has 3 nitrogen and oxygen atoms in total. The molecule has 2 rings (SSSR count). The summed E-state index contributed by atoms with van der Waals surface area (Å²) >= 11 is 1.48. The van der Waals surface area contributed by atoms with Crippen molar-refractivity contribution in [3.8, 4) is 6.19 Å². The van der Waals surface area contributed by atoms with Crippen LogP contribution in [-0.2, 0) is 0 Å². The molecule has 0 radical (unpaired) electrons. The Bertz CT molecular complexity index is 422. The Morgan fingerprint density at radius 3 is 2.88 bits per heavy atom. The molecule has 82 valence electrons. The van der Waals surface area contributed by atoms with Crippen LogP contribution in [0.3, 0.4) is 0 Å². The maximum Gasteiger partial charge on any atom is 0.183 e. The standard InChI is InChI=1S/C12H13N3S/c1-16-12(14-8-13)15-11-7-10(11)9-5-3-2-4-6-9/h2-6,10-11H,7H2,1H3,(H,14,15). The van der Waals surface area contributed by atoms with E-state index in [1.54, 1.807) is 0 Å². The van der Waals surface area contributed by atoms with Gasteiger partial charge in [0, 0.05) is 5.92 Å². The van der Waals surface area contributed by atoms with Crippen molar-refractivity contribution in [3.63, 3.8) is 0 Å². The first kappa shape index (κ1) is 11.0. The van der Waals surface area contributed by atoms with Gasteiger partial charge in [-0.1, -0.05) is 42.1 Å². The molecular formula is C12H13N3S. The first-order valence-electron chi connectivity index (χ1n) is 5.17. The lowest BCUT2D eigenvalue weighted by atomic mass is 10.1. The van der Waals surface area contributed by atoms with Gasteiger partial charge in [-0.15, -0.1) is 0 Å². The Kier molecular flexibility index (Phi) is 3.47. The molecule has 0 aromatic heterocycles. The Hall–Kier alpha value is -1.47. The number of amidine groups is 1. The molecule has 2 unspecified atom stereocenters. The van der Waals surface area contributed by atoms with E-state index < -0.39 is 0 Å². The van der Waals surface area contributed by atoms with E-state index in [0.717, 1.165) is 6.42 Å². The highest BCUT2D eigenvalue weighted by Crippen LogP contribution is 2.43. The fourth-order valence-electron chi connectivity index (χ4n) is 1.72. The summed E-state index contributed by atoms with van der Waals surface area (Å²) in [5.74, 6) is 0.531. The summed E-state index contributed by atoms with van der Waals surface area (Å²) in [4.78, 5) is 4.50. The molecule has 0 bridgehead atoms. The molecule has 1 aliphatic rings. The lowest BCUT2D eigenvalue weighted by Crippen LogP contribution is -2.14. The third kappa shape index (κ3) is 2.56. The first-order valence-corrected chi connectivity index (χ1v) is 6.39. The number of rotatable bonds is 2. The Morgan fingerprint density at radius 1 is 1.50 bits per heavy atom. The molecule has 4 heteroatoms. The lowest BCUT2D eigenvalue weighted by Gasteiger charge is -1.99. The van der Waals surface area contributed by atoms with Crippen LogP contribution in [-0.4, -0.2) is 17.5 Å². The molecule has 0 saturated heterocycles. The van der Waals surface area contributed by atoms with Crippen LogP contribution in [0.4, 0.5) is 0 Å². The Labute approximate surface area is 99.6 Å². The molecule has 0 spiro atoms. The molecule has 1 N–H and O–H groups in total. The normalized spacial score (nSPS) is 23.6. The summed E-state index contributed by atoms with van der Waals surface area (Å²) in [6.45, 7) is 0. The van der Waals surface area contributed by atoms with Gasteiger partial charge >= 0.3 is 0 Å². The molecule has 1 aromatic rings. The lowest BCUT2D eigenvalue weighted by molar-refractivity contribution is 0.984. The third-order valence-electron chi connectivity index (χ3n) is 2.62. The average molecular weight is 231 g/mol. The molecule has 1 aromatic carbocycles. The van der Waals surface area contributed by atoms with E-state index in [0.29, 0.717) is 17.1 Å². The summed E-state index contributed by atoms with van der Waals surface area (Å²) < 4.78 is 0. The van der Waals surface area contributed by atoms with Crippen LogP contribution in [0.15, 0.2) is 35.3 Å². The van der Waals surface area contributed by atoms with Gasteiger partial charge in [0.2, 0.25) is 0 Å². The predicted molar refractivity (Wildman–Crippen MR) is 67.3 cm³/mol. The number of nitrogens with zero attached hydrogens (tertiary/aromatic N) is 2. The van der Waals surface area contributed by atoms with Crippen LogP contribution < -0.4 is 5.32 Å². The molecule has 1 fully saturated rings. The number of hydrogen-bond donors (Lipinski definition) is 1. The summed E-state index contributed by atoms with van der Waals surface area (Å²) in [6.07, 6.45) is 4.91. The number of nitriles is 1. The SMILES string of the molecule is CSC(=NC1CC1c1ccccc1)NC#N. The molecule has 2 atom stereocenters. The fraction of sp³-hybridized carbons (Fsp3) is 0.333. The van der Waals surface area contributed by atoms with Crippen LogP contribution in [0.5, 0.6) is 0 Å². The van der Waals surface area contributed by atoms with Crippen molar-refractivity contribution in [1.29, 1.82) is 5.26 Å². The van der Waals surface area contributed by atoms with Gasteiger partial charge in [0.15, 0.2) is 11.4 Å². The van der Waals surface area contributed by atoms with Crippen molar-refractivity contribution < 1.29 is 0 Å². The number of benzene rings is 1. The van der Waals surface area contributed by atoms with Crippen LogP contribution in [0.1, 0.15) is 17.9 Å². The van der Waals surface area contributed by atoms with Crippen LogP contribution >= 0.6 is 11.8 Å². The fourth-order valence-corrected chi connectivity index (χ4v) is 2.11. The third-order valence-corrected chi connectivity index (χ3v) is 3.22. The topological polar surface area (TPSA) is 48.2 Å². The van der Waals surface area contributed by atoms with Crippen LogP contribution in [0.25, 0.3) is 0 Å². The minimum absolute atomic E-state index is 0.339. The number of nitrogens with one attached hydrogen (secondary N) is 1. The predicted octanol–water partition coefficient (Wildman–Crippen LogP) is 2.33. The number of hydrogen-bond acceptors (Lipinski definition) is 3. The van der Waals surface area contributed by atoms with E-state index in [4.69, 9.17) is 5.26 Å². The average Bonchev–Trinajstić information content (AvgIpc) is 3.09. The highest BCUT2D eigenvalue weighted by atomic mass is 32.2. The van der Waals surface area contributed by atoms with Gasteiger partial charge in [-0.05, 0) is 18.2 Å². The summed E-state index contributed by atoms with van der Waals surface area (Å²) in [7, 11) is 0. The number of aliphatic imine (C=N–C) groups is 1. The zero-order chi connectivity index (χ0) is 11.4. The van der Waals surface area contributed by atoms with Gasteiger partial charge < -0.3 is 0 Å². The first-order chi connectivity index (χ1) is 7.85. The highest BCUT2D eigenvalue weighted by molar-refractivity contribution is 8.13. The largest absolute Gasteiger partial charge is 0.272 e. The van der Waals surface area contributed by atoms with Crippen molar-refractivity contribution in [1.82, 2.24) is 5.32 Å².